The van der Waals surface area contributed by atoms with Crippen molar-refractivity contribution >= 4 is 17.7 Å². The minimum absolute atomic E-state index is 0.102. The summed E-state index contributed by atoms with van der Waals surface area (Å²) in [7, 11) is 0. The number of aliphatic hydroxyl groups is 2. The third kappa shape index (κ3) is 4.05. The van der Waals surface area contributed by atoms with Crippen molar-refractivity contribution in [2.24, 2.45) is 0 Å². The fraction of sp³-hybridized carbons (Fsp3) is 0.545. The summed E-state index contributed by atoms with van der Waals surface area (Å²) in [5, 5.41) is 21.3. The highest BCUT2D eigenvalue weighted by atomic mass is 32.2. The molecule has 1 unspecified atom stereocenters. The highest BCUT2D eigenvalue weighted by Crippen LogP contribution is 2.17. The third-order valence-corrected chi connectivity index (χ3v) is 3.16. The van der Waals surface area contributed by atoms with Crippen molar-refractivity contribution in [3.63, 3.8) is 0 Å². The van der Waals surface area contributed by atoms with Gasteiger partial charge in [-0.05, 0) is 20.1 Å². The number of nitrogens with zero attached hydrogens (tertiary/aromatic N) is 1. The molecule has 0 aliphatic carbocycles. The molecule has 0 fully saturated rings. The van der Waals surface area contributed by atoms with Crippen LogP contribution in [-0.4, -0.2) is 51.1 Å². The number of aromatic amines is 1. The lowest BCUT2D eigenvalue weighted by Gasteiger charge is -2.21. The van der Waals surface area contributed by atoms with Crippen LogP contribution in [0, 0.1) is 6.92 Å². The number of nitrogens with one attached hydrogen (secondary N) is 2. The predicted molar refractivity (Wildman–Crippen MR) is 71.4 cm³/mol. The average Bonchev–Trinajstić information content (AvgIpc) is 2.35. The van der Waals surface area contributed by atoms with Crippen LogP contribution in [0.2, 0.25) is 0 Å². The molecule has 0 radical (unpaired) electrons. The number of thioether (sulfide) groups is 1. The van der Waals surface area contributed by atoms with E-state index in [-0.39, 0.29) is 12.1 Å². The fourth-order valence-electron chi connectivity index (χ4n) is 1.39. The molecular weight excluding hydrogens is 270 g/mol. The van der Waals surface area contributed by atoms with Crippen LogP contribution in [0.15, 0.2) is 9.82 Å². The van der Waals surface area contributed by atoms with E-state index in [9.17, 15) is 14.7 Å². The molecule has 0 spiro atoms. The van der Waals surface area contributed by atoms with Crippen molar-refractivity contribution in [3.8, 4) is 0 Å². The Balaban J connectivity index is 2.97. The molecule has 0 aliphatic heterocycles. The summed E-state index contributed by atoms with van der Waals surface area (Å²) in [5.74, 6) is -0.459. The van der Waals surface area contributed by atoms with Crippen LogP contribution < -0.4 is 11.0 Å². The van der Waals surface area contributed by atoms with Gasteiger partial charge >= 0.3 is 5.69 Å². The van der Waals surface area contributed by atoms with E-state index < -0.39 is 23.8 Å². The van der Waals surface area contributed by atoms with Gasteiger partial charge in [-0.2, -0.15) is 4.98 Å². The maximum Gasteiger partial charge on any atom is 0.346 e. The fourth-order valence-corrected chi connectivity index (χ4v) is 2.01. The Morgan fingerprint density at radius 1 is 1.58 bits per heavy atom. The Bertz CT molecular complexity index is 527. The van der Waals surface area contributed by atoms with Crippen LogP contribution in [0.1, 0.15) is 23.0 Å². The Labute approximate surface area is 114 Å². The average molecular weight is 287 g/mol. The molecule has 1 aromatic heterocycles. The van der Waals surface area contributed by atoms with Gasteiger partial charge in [-0.3, -0.25) is 4.79 Å². The SMILES string of the molecule is CSc1nc(=O)[nH]c(C)c1C(=O)NCC(C)(O)CO. The van der Waals surface area contributed by atoms with E-state index in [1.807, 2.05) is 0 Å². The van der Waals surface area contributed by atoms with Crippen molar-refractivity contribution in [2.75, 3.05) is 19.4 Å². The molecular formula is C11H17N3O4S. The van der Waals surface area contributed by atoms with E-state index in [4.69, 9.17) is 5.11 Å². The molecule has 8 heteroatoms. The molecule has 106 valence electrons. The lowest BCUT2D eigenvalue weighted by molar-refractivity contribution is 0.00316. The van der Waals surface area contributed by atoms with Crippen molar-refractivity contribution in [2.45, 2.75) is 24.5 Å². The number of hydrogen-bond donors (Lipinski definition) is 4. The van der Waals surface area contributed by atoms with Gasteiger partial charge in [0.05, 0.1) is 12.2 Å². The van der Waals surface area contributed by atoms with Gasteiger partial charge in [-0.25, -0.2) is 4.79 Å². The summed E-state index contributed by atoms with van der Waals surface area (Å²) in [5.41, 5.74) is -1.23. The van der Waals surface area contributed by atoms with Gasteiger partial charge in [-0.1, -0.05) is 0 Å². The largest absolute Gasteiger partial charge is 0.393 e. The predicted octanol–water partition coefficient (Wildman–Crippen LogP) is -0.727. The summed E-state index contributed by atoms with van der Waals surface area (Å²) < 4.78 is 0. The lowest BCUT2D eigenvalue weighted by Crippen LogP contribution is -2.43. The zero-order valence-electron chi connectivity index (χ0n) is 11.0. The van der Waals surface area contributed by atoms with Gasteiger partial charge in [0.25, 0.3) is 5.91 Å². The summed E-state index contributed by atoms with van der Waals surface area (Å²) in [6.45, 7) is 2.43. The molecule has 19 heavy (non-hydrogen) atoms. The number of hydrogen-bond acceptors (Lipinski definition) is 6. The first-order valence-electron chi connectivity index (χ1n) is 5.57. The van der Waals surface area contributed by atoms with Crippen molar-refractivity contribution in [3.05, 3.63) is 21.7 Å². The molecule has 1 amide bonds. The molecule has 1 heterocycles. The van der Waals surface area contributed by atoms with Crippen LogP contribution in [0.5, 0.6) is 0 Å². The van der Waals surface area contributed by atoms with Crippen LogP contribution in [-0.2, 0) is 0 Å². The number of H-pyrrole nitrogens is 1. The second-order valence-electron chi connectivity index (χ2n) is 4.39. The zero-order valence-corrected chi connectivity index (χ0v) is 11.8. The number of aryl methyl sites for hydroxylation is 1. The first-order valence-corrected chi connectivity index (χ1v) is 6.79. The van der Waals surface area contributed by atoms with Crippen molar-refractivity contribution in [1.82, 2.24) is 15.3 Å². The highest BCUT2D eigenvalue weighted by Gasteiger charge is 2.22. The molecule has 1 aromatic rings. The first kappa shape index (κ1) is 15.7. The Morgan fingerprint density at radius 2 is 2.21 bits per heavy atom. The van der Waals surface area contributed by atoms with E-state index >= 15 is 0 Å². The van der Waals surface area contributed by atoms with Crippen LogP contribution in [0.25, 0.3) is 0 Å². The molecule has 0 bridgehead atoms. The van der Waals surface area contributed by atoms with E-state index in [0.29, 0.717) is 10.7 Å². The molecule has 1 atom stereocenters. The van der Waals surface area contributed by atoms with Crippen LogP contribution in [0.3, 0.4) is 0 Å². The number of carbonyl (C=O) groups is 1. The smallest absolute Gasteiger partial charge is 0.346 e. The van der Waals surface area contributed by atoms with Gasteiger partial charge in [0.2, 0.25) is 0 Å². The van der Waals surface area contributed by atoms with E-state index in [0.717, 1.165) is 0 Å². The van der Waals surface area contributed by atoms with Crippen molar-refractivity contribution < 1.29 is 15.0 Å². The number of amides is 1. The minimum Gasteiger partial charge on any atom is -0.393 e. The summed E-state index contributed by atoms with van der Waals surface area (Å²) >= 11 is 1.19. The Hall–Kier alpha value is -1.38. The number of aliphatic hydroxyl groups excluding tert-OH is 1. The Morgan fingerprint density at radius 3 is 2.74 bits per heavy atom. The lowest BCUT2D eigenvalue weighted by atomic mass is 10.1. The molecule has 4 N–H and O–H groups in total. The molecule has 1 rings (SSSR count). The zero-order chi connectivity index (χ0) is 14.6. The number of aromatic nitrogens is 2. The normalized spacial score (nSPS) is 13.9. The molecule has 0 aliphatic rings. The van der Waals surface area contributed by atoms with Crippen LogP contribution >= 0.6 is 11.8 Å². The topological polar surface area (TPSA) is 115 Å². The van der Waals surface area contributed by atoms with E-state index in [1.165, 1.54) is 18.7 Å². The molecule has 0 aromatic carbocycles. The quantitative estimate of drug-likeness (QED) is 0.419. The van der Waals surface area contributed by atoms with Crippen molar-refractivity contribution in [1.29, 1.82) is 0 Å². The van der Waals surface area contributed by atoms with Gasteiger partial charge in [-0.15, -0.1) is 11.8 Å². The monoisotopic (exact) mass is 287 g/mol. The van der Waals surface area contributed by atoms with Crippen LogP contribution in [0.4, 0.5) is 0 Å². The second-order valence-corrected chi connectivity index (χ2v) is 5.18. The molecule has 0 saturated carbocycles. The second kappa shape index (κ2) is 6.18. The summed E-state index contributed by atoms with van der Waals surface area (Å²) in [6.07, 6.45) is 1.71. The van der Waals surface area contributed by atoms with Gasteiger partial charge in [0.1, 0.15) is 10.6 Å². The summed E-state index contributed by atoms with van der Waals surface area (Å²) in [4.78, 5) is 29.4. The number of carbonyl (C=O) groups excluding carboxylic acids is 1. The van der Waals surface area contributed by atoms with E-state index in [1.54, 1.807) is 13.2 Å². The molecule has 7 nitrogen and oxygen atoms in total. The highest BCUT2D eigenvalue weighted by molar-refractivity contribution is 7.98. The van der Waals surface area contributed by atoms with Gasteiger partial charge < -0.3 is 20.5 Å². The van der Waals surface area contributed by atoms with E-state index in [2.05, 4.69) is 15.3 Å². The minimum atomic E-state index is -1.39. The summed E-state index contributed by atoms with van der Waals surface area (Å²) in [6, 6.07) is 0. The Kier molecular flexibility index (Phi) is 5.10. The third-order valence-electron chi connectivity index (χ3n) is 2.48. The standard InChI is InChI=1S/C11H17N3O4S/c1-6-7(9(19-3)14-10(17)13-6)8(16)12-4-11(2,18)5-15/h15,18H,4-5H2,1-3H3,(H,12,16)(H,13,14,17). The van der Waals surface area contributed by atoms with Gasteiger partial charge in [0.15, 0.2) is 0 Å². The maximum atomic E-state index is 12.0. The van der Waals surface area contributed by atoms with Gasteiger partial charge in [0, 0.05) is 12.2 Å². The first-order chi connectivity index (χ1) is 8.80. The molecule has 0 saturated heterocycles. The maximum absolute atomic E-state index is 12.0. The number of rotatable bonds is 5.